The summed E-state index contributed by atoms with van der Waals surface area (Å²) in [5, 5.41) is 2.22. The van der Waals surface area contributed by atoms with Gasteiger partial charge >= 0.3 is 0 Å². The van der Waals surface area contributed by atoms with Crippen LogP contribution in [0.4, 0.5) is 21.5 Å². The molecule has 0 atom stereocenters. The molecule has 274 valence electrons. The van der Waals surface area contributed by atoms with Crippen molar-refractivity contribution in [2.24, 2.45) is 0 Å². The van der Waals surface area contributed by atoms with Gasteiger partial charge < -0.3 is 9.32 Å². The molecule has 0 aliphatic heterocycles. The van der Waals surface area contributed by atoms with Crippen LogP contribution in [0, 0.1) is 5.82 Å². The minimum Gasteiger partial charge on any atom is -0.455 e. The highest BCUT2D eigenvalue weighted by atomic mass is 19.1. The van der Waals surface area contributed by atoms with Crippen LogP contribution in [0.25, 0.3) is 55.3 Å². The highest BCUT2D eigenvalue weighted by Crippen LogP contribution is 2.57. The first-order valence-electron chi connectivity index (χ1n) is 19.7. The van der Waals surface area contributed by atoms with E-state index in [9.17, 15) is 0 Å². The Morgan fingerprint density at radius 3 is 1.57 bits per heavy atom. The predicted octanol–water partition coefficient (Wildman–Crippen LogP) is 14.9. The zero-order valence-electron chi connectivity index (χ0n) is 31.5. The molecular weight excluding hydrogens is 710 g/mol. The second-order valence-corrected chi connectivity index (χ2v) is 15.0. The molecule has 1 aromatic heterocycles. The van der Waals surface area contributed by atoms with Gasteiger partial charge in [-0.3, -0.25) is 0 Å². The van der Waals surface area contributed by atoms with E-state index in [2.05, 4.69) is 175 Å². The van der Waals surface area contributed by atoms with Gasteiger partial charge in [-0.2, -0.15) is 0 Å². The van der Waals surface area contributed by atoms with Crippen molar-refractivity contribution >= 4 is 39.0 Å². The Kier molecular flexibility index (Phi) is 7.94. The lowest BCUT2D eigenvalue weighted by Crippen LogP contribution is -2.29. The van der Waals surface area contributed by atoms with Gasteiger partial charge in [-0.05, 0) is 105 Å². The van der Waals surface area contributed by atoms with Crippen molar-refractivity contribution in [3.05, 3.63) is 246 Å². The van der Waals surface area contributed by atoms with Gasteiger partial charge in [0.15, 0.2) is 0 Å². The fourth-order valence-electron chi connectivity index (χ4n) is 9.23. The van der Waals surface area contributed by atoms with Crippen LogP contribution in [0.2, 0.25) is 0 Å². The number of fused-ring (bicyclic) bond motifs is 6. The number of hydrogen-bond donors (Lipinski definition) is 0. The minimum absolute atomic E-state index is 0.249. The summed E-state index contributed by atoms with van der Waals surface area (Å²) in [6.07, 6.45) is 0. The second-order valence-electron chi connectivity index (χ2n) is 15.0. The molecule has 11 rings (SSSR count). The zero-order valence-corrected chi connectivity index (χ0v) is 31.5. The van der Waals surface area contributed by atoms with E-state index in [1.54, 1.807) is 12.1 Å². The number of anilines is 3. The number of hydrogen-bond acceptors (Lipinski definition) is 2. The smallest absolute Gasteiger partial charge is 0.143 e. The normalized spacial score (nSPS) is 12.7. The number of benzene rings is 9. The third-order valence-electron chi connectivity index (χ3n) is 11.8. The highest BCUT2D eigenvalue weighted by molar-refractivity contribution is 6.09. The van der Waals surface area contributed by atoms with Crippen molar-refractivity contribution in [1.29, 1.82) is 0 Å². The van der Waals surface area contributed by atoms with Crippen molar-refractivity contribution in [2.75, 3.05) is 4.90 Å². The lowest BCUT2D eigenvalue weighted by molar-refractivity contribution is 0.621. The average molecular weight is 746 g/mol. The summed E-state index contributed by atoms with van der Waals surface area (Å²) in [4.78, 5) is 2.32. The largest absolute Gasteiger partial charge is 0.455 e. The maximum absolute atomic E-state index is 15.4. The lowest BCUT2D eigenvalue weighted by Gasteiger charge is -2.35. The summed E-state index contributed by atoms with van der Waals surface area (Å²) in [5.74, 6) is -0.249. The molecule has 9 aromatic carbocycles. The summed E-state index contributed by atoms with van der Waals surface area (Å²) in [6.45, 7) is 0. The van der Waals surface area contributed by atoms with Crippen LogP contribution >= 0.6 is 0 Å². The molecular formula is C55H36FNO. The van der Waals surface area contributed by atoms with Crippen molar-refractivity contribution < 1.29 is 8.81 Å². The third kappa shape index (κ3) is 5.32. The molecule has 0 radical (unpaired) electrons. The minimum atomic E-state index is -0.747. The Morgan fingerprint density at radius 1 is 0.379 bits per heavy atom. The first-order valence-corrected chi connectivity index (χ1v) is 19.7. The summed E-state index contributed by atoms with van der Waals surface area (Å²) in [6, 6.07) is 75.7. The van der Waals surface area contributed by atoms with E-state index < -0.39 is 5.41 Å². The lowest BCUT2D eigenvalue weighted by atomic mass is 9.67. The van der Waals surface area contributed by atoms with Gasteiger partial charge in [0.25, 0.3) is 0 Å². The monoisotopic (exact) mass is 745 g/mol. The first-order chi connectivity index (χ1) is 28.7. The molecule has 0 N–H and O–H groups in total. The molecule has 0 saturated heterocycles. The van der Waals surface area contributed by atoms with E-state index in [1.807, 2.05) is 36.4 Å². The molecule has 0 bridgehead atoms. The molecule has 0 unspecified atom stereocenters. The molecule has 1 aliphatic carbocycles. The molecule has 3 heteroatoms. The Morgan fingerprint density at radius 2 is 0.897 bits per heavy atom. The van der Waals surface area contributed by atoms with Crippen LogP contribution in [0.5, 0.6) is 0 Å². The van der Waals surface area contributed by atoms with Gasteiger partial charge in [-0.15, -0.1) is 0 Å². The number of furan rings is 1. The molecule has 58 heavy (non-hydrogen) atoms. The van der Waals surface area contributed by atoms with Crippen LogP contribution in [-0.4, -0.2) is 0 Å². The molecule has 0 amide bonds. The van der Waals surface area contributed by atoms with Crippen LogP contribution < -0.4 is 4.90 Å². The van der Waals surface area contributed by atoms with E-state index in [4.69, 9.17) is 4.42 Å². The molecule has 2 nitrogen and oxygen atoms in total. The summed E-state index contributed by atoms with van der Waals surface area (Å²) in [5.41, 5.74) is 14.9. The van der Waals surface area contributed by atoms with Gasteiger partial charge in [0.1, 0.15) is 17.0 Å². The van der Waals surface area contributed by atoms with E-state index in [-0.39, 0.29) is 5.82 Å². The zero-order chi connectivity index (χ0) is 38.6. The molecule has 0 spiro atoms. The molecule has 0 saturated carbocycles. The van der Waals surface area contributed by atoms with Crippen molar-refractivity contribution in [3.63, 3.8) is 0 Å². The summed E-state index contributed by atoms with van der Waals surface area (Å²) in [7, 11) is 0. The van der Waals surface area contributed by atoms with E-state index in [1.165, 1.54) is 5.56 Å². The molecule has 0 fully saturated rings. The molecule has 1 aliphatic rings. The highest BCUT2D eigenvalue weighted by Gasteiger charge is 2.46. The maximum Gasteiger partial charge on any atom is 0.143 e. The Bertz CT molecular complexity index is 3060. The van der Waals surface area contributed by atoms with Crippen molar-refractivity contribution in [1.82, 2.24) is 0 Å². The number of nitrogens with zero attached hydrogens (tertiary/aromatic N) is 1. The molecule has 10 aromatic rings. The standard InChI is InChI=1S/C55H36FNO/c56-42-27-33-47-48-34-32-45(36-52(48)55(51(47)35-42,40-15-6-2-7-16-40)41-17-8-3-9-18-41)57(43-28-23-38(24-29-43)37-13-4-1-5-14-37)44-30-25-39(26-31-44)46-20-12-21-50-49-19-10-11-22-53(49)58-54(46)50/h1-36H. The fourth-order valence-corrected chi connectivity index (χ4v) is 9.23. The van der Waals surface area contributed by atoms with Crippen LogP contribution in [-0.2, 0) is 5.41 Å². The van der Waals surface area contributed by atoms with Gasteiger partial charge in [0, 0.05) is 33.4 Å². The number of rotatable bonds is 7. The van der Waals surface area contributed by atoms with Crippen LogP contribution in [0.3, 0.4) is 0 Å². The summed E-state index contributed by atoms with van der Waals surface area (Å²) < 4.78 is 21.9. The second kappa shape index (κ2) is 13.6. The predicted molar refractivity (Wildman–Crippen MR) is 237 cm³/mol. The average Bonchev–Trinajstić information content (AvgIpc) is 3.81. The van der Waals surface area contributed by atoms with Gasteiger partial charge in [0.05, 0.1) is 5.41 Å². The third-order valence-corrected chi connectivity index (χ3v) is 11.8. The molecule has 1 heterocycles. The van der Waals surface area contributed by atoms with E-state index in [0.717, 1.165) is 89.1 Å². The number of halogens is 1. The maximum atomic E-state index is 15.4. The fraction of sp³-hybridized carbons (Fsp3) is 0.0182. The summed E-state index contributed by atoms with van der Waals surface area (Å²) >= 11 is 0. The Balaban J connectivity index is 1.11. The van der Waals surface area contributed by atoms with Crippen molar-refractivity contribution in [2.45, 2.75) is 5.41 Å². The topological polar surface area (TPSA) is 16.4 Å². The first kappa shape index (κ1) is 33.8. The van der Waals surface area contributed by atoms with Gasteiger partial charge in [-0.25, -0.2) is 4.39 Å². The van der Waals surface area contributed by atoms with Gasteiger partial charge in [0.2, 0.25) is 0 Å². The van der Waals surface area contributed by atoms with Crippen LogP contribution in [0.1, 0.15) is 22.3 Å². The van der Waals surface area contributed by atoms with Gasteiger partial charge in [-0.1, -0.05) is 164 Å². The van der Waals surface area contributed by atoms with Crippen molar-refractivity contribution in [3.8, 4) is 33.4 Å². The Labute approximate surface area is 336 Å². The van der Waals surface area contributed by atoms with E-state index >= 15 is 4.39 Å². The SMILES string of the molecule is Fc1ccc2c(c1)C(c1ccccc1)(c1ccccc1)c1cc(N(c3ccc(-c4ccccc4)cc3)c3ccc(-c4cccc5c4oc4ccccc45)cc3)ccc1-2. The quantitative estimate of drug-likeness (QED) is 0.162. The van der Waals surface area contributed by atoms with Crippen LogP contribution in [0.15, 0.2) is 223 Å². The number of para-hydroxylation sites is 2. The van der Waals surface area contributed by atoms with E-state index in [0.29, 0.717) is 0 Å². The Hall–Kier alpha value is -7.49.